The number of allylic oxidation sites excluding steroid dienone is 1. The first-order valence-electron chi connectivity index (χ1n) is 4.80. The van der Waals surface area contributed by atoms with Gasteiger partial charge in [-0.2, -0.15) is 0 Å². The molecule has 2 N–H and O–H groups in total. The van der Waals surface area contributed by atoms with Crippen LogP contribution in [0.3, 0.4) is 0 Å². The highest BCUT2D eigenvalue weighted by Crippen LogP contribution is 2.17. The normalized spacial score (nSPS) is 9.75. The molecule has 0 aliphatic heterocycles. The summed E-state index contributed by atoms with van der Waals surface area (Å²) < 4.78 is 0.776. The summed E-state index contributed by atoms with van der Waals surface area (Å²) in [5.74, 6) is -0.908. The van der Waals surface area contributed by atoms with Gasteiger partial charge in [0.05, 0.1) is 5.56 Å². The van der Waals surface area contributed by atoms with E-state index in [1.807, 2.05) is 33.2 Å². The summed E-state index contributed by atoms with van der Waals surface area (Å²) >= 11 is 3.23. The van der Waals surface area contributed by atoms with Crippen molar-refractivity contribution in [2.24, 2.45) is 0 Å². The maximum absolute atomic E-state index is 10.8. The van der Waals surface area contributed by atoms with E-state index in [0.29, 0.717) is 5.56 Å². The van der Waals surface area contributed by atoms with Gasteiger partial charge in [0.25, 0.3) is 0 Å². The van der Waals surface area contributed by atoms with Crippen LogP contribution in [0.15, 0.2) is 28.7 Å². The Morgan fingerprint density at radius 3 is 2.44 bits per heavy atom. The molecule has 0 unspecified atom stereocenters. The van der Waals surface area contributed by atoms with Crippen molar-refractivity contribution >= 4 is 28.0 Å². The summed E-state index contributed by atoms with van der Waals surface area (Å²) in [6.07, 6.45) is 3.59. The number of carboxylic acid groups (broad SMARTS) is 1. The Morgan fingerprint density at radius 2 is 2.00 bits per heavy atom. The van der Waals surface area contributed by atoms with Gasteiger partial charge in [0.2, 0.25) is 0 Å². The van der Waals surface area contributed by atoms with Crippen LogP contribution < -0.4 is 5.32 Å². The first-order chi connectivity index (χ1) is 7.56. The fraction of sp³-hybridized carbons (Fsp3) is 0.250. The lowest BCUT2D eigenvalue weighted by molar-refractivity contribution is 0.0696. The van der Waals surface area contributed by atoms with Crippen LogP contribution in [0.25, 0.3) is 6.08 Å². The number of carboxylic acids is 1. The van der Waals surface area contributed by atoms with Crippen molar-refractivity contribution in [3.63, 3.8) is 0 Å². The van der Waals surface area contributed by atoms with E-state index in [-0.39, 0.29) is 0 Å². The van der Waals surface area contributed by atoms with Gasteiger partial charge in [-0.1, -0.05) is 34.1 Å². The molecule has 0 radical (unpaired) electrons. The minimum atomic E-state index is -0.908. The van der Waals surface area contributed by atoms with Crippen LogP contribution in [-0.2, 0) is 0 Å². The van der Waals surface area contributed by atoms with Gasteiger partial charge in [-0.25, -0.2) is 4.79 Å². The first kappa shape index (κ1) is 14.9. The molecule has 88 valence electrons. The quantitative estimate of drug-likeness (QED) is 0.878. The molecule has 0 spiro atoms. The molecular weight excluding hydrogens is 270 g/mol. The molecule has 0 aromatic heterocycles. The van der Waals surface area contributed by atoms with Crippen molar-refractivity contribution in [1.82, 2.24) is 5.32 Å². The van der Waals surface area contributed by atoms with Crippen LogP contribution in [0, 0.1) is 0 Å². The highest BCUT2D eigenvalue weighted by Gasteiger charge is 2.07. The van der Waals surface area contributed by atoms with Gasteiger partial charge in [0.1, 0.15) is 0 Å². The van der Waals surface area contributed by atoms with Crippen LogP contribution in [0.2, 0.25) is 0 Å². The lowest BCUT2D eigenvalue weighted by Crippen LogP contribution is -1.99. The largest absolute Gasteiger partial charge is 0.478 e. The number of rotatable bonds is 2. The number of hydrogen-bond donors (Lipinski definition) is 2. The lowest BCUT2D eigenvalue weighted by Gasteiger charge is -2.00. The first-order valence-corrected chi connectivity index (χ1v) is 5.60. The highest BCUT2D eigenvalue weighted by atomic mass is 79.9. The minimum absolute atomic E-state index is 0.312. The summed E-state index contributed by atoms with van der Waals surface area (Å²) in [6, 6.07) is 5.19. The Morgan fingerprint density at radius 1 is 1.44 bits per heavy atom. The van der Waals surface area contributed by atoms with E-state index in [0.717, 1.165) is 10.0 Å². The van der Waals surface area contributed by atoms with Crippen molar-refractivity contribution in [3.8, 4) is 0 Å². The molecule has 0 amide bonds. The maximum atomic E-state index is 10.8. The molecule has 0 saturated heterocycles. The van der Waals surface area contributed by atoms with Crippen LogP contribution >= 0.6 is 15.9 Å². The SMILES string of the molecule is CC=Cc1ccc(Br)cc1C(=O)O.CNC. The van der Waals surface area contributed by atoms with E-state index in [4.69, 9.17) is 5.11 Å². The fourth-order valence-corrected chi connectivity index (χ4v) is 1.40. The zero-order chi connectivity index (χ0) is 12.6. The Kier molecular flexibility index (Phi) is 7.50. The second kappa shape index (κ2) is 8.07. The standard InChI is InChI=1S/C10H9BrO2.C2H7N/c1-2-3-7-4-5-8(11)6-9(7)10(12)13;1-3-2/h2-6H,1H3,(H,12,13);3H,1-2H3. The van der Waals surface area contributed by atoms with E-state index in [1.165, 1.54) is 0 Å². The van der Waals surface area contributed by atoms with Crippen LogP contribution in [-0.4, -0.2) is 25.2 Å². The van der Waals surface area contributed by atoms with E-state index in [1.54, 1.807) is 18.2 Å². The van der Waals surface area contributed by atoms with E-state index in [9.17, 15) is 4.79 Å². The molecule has 1 aromatic carbocycles. The molecule has 4 heteroatoms. The van der Waals surface area contributed by atoms with Crippen LogP contribution in [0.1, 0.15) is 22.8 Å². The molecule has 0 fully saturated rings. The number of halogens is 1. The summed E-state index contributed by atoms with van der Waals surface area (Å²) in [7, 11) is 3.75. The summed E-state index contributed by atoms with van der Waals surface area (Å²) in [5, 5.41) is 11.6. The van der Waals surface area contributed by atoms with Gasteiger partial charge < -0.3 is 10.4 Å². The molecule has 0 aliphatic carbocycles. The Hall–Kier alpha value is -1.13. The van der Waals surface area contributed by atoms with Gasteiger partial charge >= 0.3 is 5.97 Å². The highest BCUT2D eigenvalue weighted by molar-refractivity contribution is 9.10. The minimum Gasteiger partial charge on any atom is -0.478 e. The Balaban J connectivity index is 0.000000673. The summed E-state index contributed by atoms with van der Waals surface area (Å²) in [4.78, 5) is 10.8. The second-order valence-corrected chi connectivity index (χ2v) is 3.95. The van der Waals surface area contributed by atoms with E-state index in [2.05, 4.69) is 21.2 Å². The van der Waals surface area contributed by atoms with Crippen molar-refractivity contribution in [2.45, 2.75) is 6.92 Å². The third kappa shape index (κ3) is 5.09. The smallest absolute Gasteiger partial charge is 0.336 e. The average Bonchev–Trinajstić information content (AvgIpc) is 2.22. The number of hydrogen-bond acceptors (Lipinski definition) is 2. The molecule has 0 saturated carbocycles. The topological polar surface area (TPSA) is 49.3 Å². The van der Waals surface area contributed by atoms with Crippen molar-refractivity contribution in [3.05, 3.63) is 39.9 Å². The summed E-state index contributed by atoms with van der Waals surface area (Å²) in [6.45, 7) is 1.85. The molecule has 0 aliphatic rings. The Labute approximate surface area is 104 Å². The van der Waals surface area contributed by atoms with Crippen LogP contribution in [0.4, 0.5) is 0 Å². The molecule has 1 aromatic rings. The van der Waals surface area contributed by atoms with Gasteiger partial charge in [0, 0.05) is 4.47 Å². The molecule has 16 heavy (non-hydrogen) atoms. The third-order valence-electron chi connectivity index (χ3n) is 1.59. The molecule has 0 atom stereocenters. The lowest BCUT2D eigenvalue weighted by atomic mass is 10.1. The van der Waals surface area contributed by atoms with E-state index >= 15 is 0 Å². The number of aromatic carboxylic acids is 1. The van der Waals surface area contributed by atoms with Crippen molar-refractivity contribution in [2.75, 3.05) is 14.1 Å². The monoisotopic (exact) mass is 285 g/mol. The summed E-state index contributed by atoms with van der Waals surface area (Å²) in [5.41, 5.74) is 1.03. The number of nitrogens with one attached hydrogen (secondary N) is 1. The predicted molar refractivity (Wildman–Crippen MR) is 70.8 cm³/mol. The van der Waals surface area contributed by atoms with Gasteiger partial charge in [0.15, 0.2) is 0 Å². The zero-order valence-electron chi connectivity index (χ0n) is 9.62. The second-order valence-electron chi connectivity index (χ2n) is 3.04. The van der Waals surface area contributed by atoms with Gasteiger partial charge in [-0.3, -0.25) is 0 Å². The number of benzene rings is 1. The fourth-order valence-electron chi connectivity index (χ4n) is 1.04. The maximum Gasteiger partial charge on any atom is 0.336 e. The average molecular weight is 286 g/mol. The van der Waals surface area contributed by atoms with Gasteiger partial charge in [-0.05, 0) is 38.7 Å². The van der Waals surface area contributed by atoms with Crippen molar-refractivity contribution < 1.29 is 9.90 Å². The predicted octanol–water partition coefficient (Wildman–Crippen LogP) is 3.02. The molecular formula is C12H16BrNO2. The molecule has 0 heterocycles. The van der Waals surface area contributed by atoms with Crippen molar-refractivity contribution in [1.29, 1.82) is 0 Å². The Bertz CT molecular complexity index is 375. The van der Waals surface area contributed by atoms with E-state index < -0.39 is 5.97 Å². The van der Waals surface area contributed by atoms with Gasteiger partial charge in [-0.15, -0.1) is 0 Å². The zero-order valence-corrected chi connectivity index (χ0v) is 11.2. The molecule has 3 nitrogen and oxygen atoms in total. The van der Waals surface area contributed by atoms with Crippen LogP contribution in [0.5, 0.6) is 0 Å². The third-order valence-corrected chi connectivity index (χ3v) is 2.09. The molecule has 1 rings (SSSR count). The molecule has 0 bridgehead atoms. The number of carbonyl (C=O) groups is 1.